The number of amides is 1. The van der Waals surface area contributed by atoms with E-state index in [1.54, 1.807) is 12.1 Å². The molecule has 0 aliphatic carbocycles. The van der Waals surface area contributed by atoms with Crippen molar-refractivity contribution in [1.82, 2.24) is 4.90 Å². The van der Waals surface area contributed by atoms with Crippen molar-refractivity contribution in [3.05, 3.63) is 70.3 Å². The summed E-state index contributed by atoms with van der Waals surface area (Å²) < 4.78 is 5.42. The summed E-state index contributed by atoms with van der Waals surface area (Å²) >= 11 is 6.24. The number of Topliss-reactive ketones (excluding diaryl/α,β-unsaturated/α-hetero) is 1. The highest BCUT2D eigenvalue weighted by Gasteiger charge is 2.44. The number of nitrogens with one attached hydrogen (secondary N) is 1. The third kappa shape index (κ3) is 4.35. The molecule has 1 saturated heterocycles. The minimum Gasteiger partial charge on any atom is -0.872 e. The number of benzene rings is 2. The van der Waals surface area contributed by atoms with Gasteiger partial charge in [-0.2, -0.15) is 0 Å². The topological polar surface area (TPSA) is 74.1 Å². The number of rotatable bonds is 7. The molecule has 1 N–H and O–H groups in total. The minimum absolute atomic E-state index is 0.0415. The summed E-state index contributed by atoms with van der Waals surface area (Å²) in [5.41, 5.74) is 0.937. The van der Waals surface area contributed by atoms with E-state index < -0.39 is 23.5 Å². The number of quaternary nitrogens is 1. The van der Waals surface area contributed by atoms with Gasteiger partial charge in [-0.15, -0.1) is 0 Å². The second kappa shape index (κ2) is 9.32. The van der Waals surface area contributed by atoms with Crippen molar-refractivity contribution in [2.45, 2.75) is 13.0 Å². The number of hydrogen-bond acceptors (Lipinski definition) is 4. The van der Waals surface area contributed by atoms with E-state index in [0.717, 1.165) is 10.5 Å². The van der Waals surface area contributed by atoms with Crippen LogP contribution >= 0.6 is 11.6 Å². The number of carbonyl (C=O) groups excluding carboxylic acids is 2. The van der Waals surface area contributed by atoms with Gasteiger partial charge in [-0.1, -0.05) is 53.8 Å². The quantitative estimate of drug-likeness (QED) is 0.407. The molecule has 0 spiro atoms. The molecule has 1 fully saturated rings. The average molecular weight is 429 g/mol. The molecule has 1 atom stereocenters. The Labute approximate surface area is 181 Å². The highest BCUT2D eigenvalue weighted by atomic mass is 35.5. The maximum Gasteiger partial charge on any atom is 0.295 e. The second-order valence-electron chi connectivity index (χ2n) is 7.42. The SMILES string of the molecule is CCOc1ccc(C([O-])=C2C(=O)C(=O)N(CC[NH+](C)C)C2c2ccccc2)cc1Cl. The first-order chi connectivity index (χ1) is 14.3. The van der Waals surface area contributed by atoms with E-state index in [1.807, 2.05) is 51.4 Å². The van der Waals surface area contributed by atoms with Crippen molar-refractivity contribution < 1.29 is 24.3 Å². The van der Waals surface area contributed by atoms with E-state index in [0.29, 0.717) is 25.4 Å². The normalized spacial score (nSPS) is 18.3. The Hall–Kier alpha value is -2.83. The summed E-state index contributed by atoms with van der Waals surface area (Å²) in [5, 5.41) is 13.6. The van der Waals surface area contributed by atoms with E-state index >= 15 is 0 Å². The van der Waals surface area contributed by atoms with Gasteiger partial charge in [0.05, 0.1) is 44.9 Å². The van der Waals surface area contributed by atoms with Crippen LogP contribution in [0.25, 0.3) is 5.76 Å². The predicted molar refractivity (Wildman–Crippen MR) is 113 cm³/mol. The van der Waals surface area contributed by atoms with Crippen molar-refractivity contribution in [3.8, 4) is 5.75 Å². The van der Waals surface area contributed by atoms with Gasteiger partial charge in [-0.05, 0) is 30.2 Å². The van der Waals surface area contributed by atoms with Gasteiger partial charge in [0.15, 0.2) is 0 Å². The number of halogens is 1. The molecule has 7 heteroatoms. The van der Waals surface area contributed by atoms with E-state index in [4.69, 9.17) is 16.3 Å². The summed E-state index contributed by atoms with van der Waals surface area (Å²) in [4.78, 5) is 28.3. The van der Waals surface area contributed by atoms with Gasteiger partial charge in [0.2, 0.25) is 5.78 Å². The van der Waals surface area contributed by atoms with Gasteiger partial charge in [0.25, 0.3) is 5.91 Å². The minimum atomic E-state index is -0.757. The van der Waals surface area contributed by atoms with E-state index in [2.05, 4.69) is 0 Å². The Morgan fingerprint density at radius 1 is 1.17 bits per heavy atom. The van der Waals surface area contributed by atoms with Gasteiger partial charge in [0, 0.05) is 5.57 Å². The first-order valence-corrected chi connectivity index (χ1v) is 10.3. The summed E-state index contributed by atoms with van der Waals surface area (Å²) in [6.07, 6.45) is 0. The summed E-state index contributed by atoms with van der Waals surface area (Å²) in [5.74, 6) is -1.44. The lowest BCUT2D eigenvalue weighted by Gasteiger charge is -2.27. The van der Waals surface area contributed by atoms with Crippen LogP contribution in [0.1, 0.15) is 24.1 Å². The maximum absolute atomic E-state index is 13.4. The number of ether oxygens (including phenoxy) is 1. The van der Waals surface area contributed by atoms with Crippen LogP contribution < -0.4 is 14.7 Å². The molecule has 3 rings (SSSR count). The predicted octanol–water partition coefficient (Wildman–Crippen LogP) is 1.11. The zero-order valence-electron chi connectivity index (χ0n) is 17.3. The molecule has 2 aromatic carbocycles. The summed E-state index contributed by atoms with van der Waals surface area (Å²) in [6.45, 7) is 3.30. The molecule has 0 bridgehead atoms. The number of likely N-dealkylation sites (N-methyl/N-ethyl adjacent to an activating group) is 1. The average Bonchev–Trinajstić information content (AvgIpc) is 2.98. The molecule has 0 radical (unpaired) electrons. The third-order valence-corrected chi connectivity index (χ3v) is 5.29. The molecule has 1 amide bonds. The van der Waals surface area contributed by atoms with Gasteiger partial charge in [-0.25, -0.2) is 0 Å². The number of nitrogens with zero attached hydrogens (tertiary/aromatic N) is 1. The zero-order chi connectivity index (χ0) is 21.8. The fourth-order valence-corrected chi connectivity index (χ4v) is 3.73. The van der Waals surface area contributed by atoms with Crippen LogP contribution in [0.2, 0.25) is 5.02 Å². The molecule has 6 nitrogen and oxygen atoms in total. The summed E-state index contributed by atoms with van der Waals surface area (Å²) in [7, 11) is 3.94. The Balaban J connectivity index is 2.10. The number of carbonyl (C=O) groups is 2. The first kappa shape index (κ1) is 21.9. The molecule has 0 saturated carbocycles. The van der Waals surface area contributed by atoms with Crippen LogP contribution in [-0.4, -0.2) is 50.4 Å². The first-order valence-electron chi connectivity index (χ1n) is 9.88. The van der Waals surface area contributed by atoms with Crippen molar-refractivity contribution >= 4 is 29.1 Å². The van der Waals surface area contributed by atoms with E-state index in [-0.39, 0.29) is 16.2 Å². The van der Waals surface area contributed by atoms with Crippen molar-refractivity contribution in [1.29, 1.82) is 0 Å². The molecular weight excluding hydrogens is 404 g/mol. The Morgan fingerprint density at radius 3 is 2.47 bits per heavy atom. The molecule has 1 aliphatic heterocycles. The molecule has 158 valence electrons. The standard InChI is InChI=1S/C23H25ClN2O4/c1-4-30-18-11-10-16(14-17(18)24)21(27)19-20(15-8-6-5-7-9-15)26(13-12-25(2)3)23(29)22(19)28/h5-11,14,20,27H,4,12-13H2,1-3H3. The highest BCUT2D eigenvalue weighted by Crippen LogP contribution is 2.39. The number of hydrogen-bond donors (Lipinski definition) is 1. The van der Waals surface area contributed by atoms with E-state index in [9.17, 15) is 14.7 Å². The summed E-state index contributed by atoms with van der Waals surface area (Å²) in [6, 6.07) is 13.1. The third-order valence-electron chi connectivity index (χ3n) is 4.99. The fraction of sp³-hybridized carbons (Fsp3) is 0.304. The molecule has 2 aromatic rings. The van der Waals surface area contributed by atoms with Gasteiger partial charge < -0.3 is 19.6 Å². The smallest absolute Gasteiger partial charge is 0.295 e. The van der Waals surface area contributed by atoms with Crippen molar-refractivity contribution in [2.75, 3.05) is 33.8 Å². The van der Waals surface area contributed by atoms with Crippen LogP contribution in [0.15, 0.2) is 54.1 Å². The van der Waals surface area contributed by atoms with Crippen molar-refractivity contribution in [2.24, 2.45) is 0 Å². The van der Waals surface area contributed by atoms with Crippen LogP contribution in [0, 0.1) is 0 Å². The highest BCUT2D eigenvalue weighted by molar-refractivity contribution is 6.46. The Kier molecular flexibility index (Phi) is 6.80. The van der Waals surface area contributed by atoms with Crippen LogP contribution in [0.3, 0.4) is 0 Å². The zero-order valence-corrected chi connectivity index (χ0v) is 18.0. The molecule has 30 heavy (non-hydrogen) atoms. The lowest BCUT2D eigenvalue weighted by atomic mass is 9.95. The van der Waals surface area contributed by atoms with Crippen LogP contribution in [0.4, 0.5) is 0 Å². The van der Waals surface area contributed by atoms with Crippen LogP contribution in [0.5, 0.6) is 5.75 Å². The molecular formula is C23H25ClN2O4. The number of ketones is 1. The lowest BCUT2D eigenvalue weighted by Crippen LogP contribution is -3.06. The van der Waals surface area contributed by atoms with Crippen LogP contribution in [-0.2, 0) is 9.59 Å². The van der Waals surface area contributed by atoms with Gasteiger partial charge in [-0.3, -0.25) is 9.59 Å². The largest absolute Gasteiger partial charge is 0.872 e. The lowest BCUT2D eigenvalue weighted by molar-refractivity contribution is -0.857. The maximum atomic E-state index is 13.4. The molecule has 1 aliphatic rings. The Morgan fingerprint density at radius 2 is 1.87 bits per heavy atom. The van der Waals surface area contributed by atoms with E-state index in [1.165, 1.54) is 11.0 Å². The van der Waals surface area contributed by atoms with Gasteiger partial charge in [0.1, 0.15) is 5.75 Å². The van der Waals surface area contributed by atoms with Gasteiger partial charge >= 0.3 is 0 Å². The molecule has 0 aromatic heterocycles. The molecule has 1 unspecified atom stereocenters. The number of likely N-dealkylation sites (tertiary alicyclic amines) is 1. The monoisotopic (exact) mass is 428 g/mol. The molecule has 1 heterocycles. The second-order valence-corrected chi connectivity index (χ2v) is 7.83. The fourth-order valence-electron chi connectivity index (χ4n) is 3.50. The Bertz CT molecular complexity index is 972. The van der Waals surface area contributed by atoms with Crippen molar-refractivity contribution in [3.63, 3.8) is 0 Å².